The average Bonchev–Trinajstić information content (AvgIpc) is 3.24. The Morgan fingerprint density at radius 3 is 1.35 bits per heavy atom. The van der Waals surface area contributed by atoms with Gasteiger partial charge in [0.05, 0.1) is 6.61 Å². The van der Waals surface area contributed by atoms with Gasteiger partial charge in [-0.25, -0.2) is 0 Å². The molecule has 0 aromatic carbocycles. The largest absolute Gasteiger partial charge is 0.462 e. The molecule has 0 saturated carbocycles. The van der Waals surface area contributed by atoms with E-state index in [0.29, 0.717) is 12.8 Å². The van der Waals surface area contributed by atoms with Crippen molar-refractivity contribution in [2.45, 2.75) is 269 Å². The molecule has 12 nitrogen and oxygen atoms in total. The summed E-state index contributed by atoms with van der Waals surface area (Å²) in [6.45, 7) is 3.78. The van der Waals surface area contributed by atoms with Crippen molar-refractivity contribution in [3.05, 3.63) is 12.2 Å². The summed E-state index contributed by atoms with van der Waals surface area (Å²) in [6.07, 6.45) is 33.9. The fourth-order valence-electron chi connectivity index (χ4n) is 7.91. The molecule has 1 rings (SSSR count). The number of aliphatic hydroxyl groups excluding tert-OH is 3. The van der Waals surface area contributed by atoms with Gasteiger partial charge in [0.2, 0.25) is 0 Å². The molecule has 0 aromatic heterocycles. The van der Waals surface area contributed by atoms with Crippen LogP contribution in [0.25, 0.3) is 0 Å². The molecule has 0 amide bonds. The number of ether oxygens (including phenoxy) is 4. The molecule has 0 aliphatic carbocycles. The van der Waals surface area contributed by atoms with Gasteiger partial charge < -0.3 is 34.3 Å². The summed E-state index contributed by atoms with van der Waals surface area (Å²) in [5.41, 5.74) is 0. The van der Waals surface area contributed by atoms with Crippen molar-refractivity contribution in [2.75, 3.05) is 19.0 Å². The molecule has 1 aliphatic heterocycles. The fourth-order valence-corrected chi connectivity index (χ4v) is 8.60. The van der Waals surface area contributed by atoms with E-state index in [4.69, 9.17) is 18.9 Å². The highest BCUT2D eigenvalue weighted by atomic mass is 32.2. The molecule has 62 heavy (non-hydrogen) atoms. The van der Waals surface area contributed by atoms with E-state index >= 15 is 0 Å². The molecule has 0 bridgehead atoms. The van der Waals surface area contributed by atoms with Gasteiger partial charge in [-0.15, -0.1) is 0 Å². The molecule has 366 valence electrons. The average molecular weight is 905 g/mol. The van der Waals surface area contributed by atoms with Crippen LogP contribution in [-0.4, -0.2) is 96.0 Å². The first-order chi connectivity index (χ1) is 30.0. The van der Waals surface area contributed by atoms with E-state index < -0.39 is 71.2 Å². The third-order valence-corrected chi connectivity index (χ3v) is 12.6. The van der Waals surface area contributed by atoms with Gasteiger partial charge in [0.15, 0.2) is 12.4 Å². The van der Waals surface area contributed by atoms with E-state index in [9.17, 15) is 37.9 Å². The van der Waals surface area contributed by atoms with Crippen molar-refractivity contribution in [1.82, 2.24) is 0 Å². The van der Waals surface area contributed by atoms with E-state index in [0.717, 1.165) is 38.5 Å². The zero-order valence-electron chi connectivity index (χ0n) is 39.2. The van der Waals surface area contributed by atoms with Gasteiger partial charge in [0.1, 0.15) is 36.8 Å². The molecule has 1 aliphatic rings. The van der Waals surface area contributed by atoms with Crippen LogP contribution in [0.2, 0.25) is 0 Å². The molecular weight excluding hydrogens is 813 g/mol. The number of carbonyl (C=O) groups excluding carboxylic acids is 2. The van der Waals surface area contributed by atoms with Crippen LogP contribution in [-0.2, 0) is 38.7 Å². The first-order valence-electron chi connectivity index (χ1n) is 25.2. The Morgan fingerprint density at radius 1 is 0.532 bits per heavy atom. The van der Waals surface area contributed by atoms with Gasteiger partial charge in [0.25, 0.3) is 10.1 Å². The first-order valence-corrected chi connectivity index (χ1v) is 26.9. The van der Waals surface area contributed by atoms with Crippen molar-refractivity contribution in [3.8, 4) is 0 Å². The van der Waals surface area contributed by atoms with Crippen molar-refractivity contribution >= 4 is 22.1 Å². The number of rotatable bonds is 43. The van der Waals surface area contributed by atoms with E-state index in [2.05, 4.69) is 26.0 Å². The van der Waals surface area contributed by atoms with E-state index in [1.807, 2.05) is 0 Å². The molecule has 0 radical (unpaired) electrons. The molecule has 0 aromatic rings. The van der Waals surface area contributed by atoms with Crippen LogP contribution in [0, 0.1) is 0 Å². The molecule has 1 heterocycles. The van der Waals surface area contributed by atoms with Crippen molar-refractivity contribution in [3.63, 3.8) is 0 Å². The lowest BCUT2D eigenvalue weighted by Crippen LogP contribution is -2.60. The standard InChI is InChI=1S/C49H92O12S/c1-3-5-7-9-11-13-15-17-19-21-23-25-27-29-31-33-35-37-44(50)58-39-42(40-59-49-48(54)47(53)46(52)43(61-49)41-62(55,56)57)60-45(51)38-36-34-32-30-28-26-24-22-20-18-16-14-12-10-8-6-4-2/h14,16,42-43,46-49,52-54H,3-13,15,17-41H2,1-2H3,(H,55,56,57)/b16-14+/t42-,43-,46-,47?,48?,49+/m1/s1. The van der Waals surface area contributed by atoms with Crippen LogP contribution in [0.4, 0.5) is 0 Å². The first kappa shape index (κ1) is 58.4. The topological polar surface area (TPSA) is 186 Å². The third kappa shape index (κ3) is 33.8. The van der Waals surface area contributed by atoms with Gasteiger partial charge in [0, 0.05) is 12.8 Å². The fraction of sp³-hybridized carbons (Fsp3) is 0.918. The Morgan fingerprint density at radius 2 is 0.919 bits per heavy atom. The Balaban J connectivity index is 2.38. The summed E-state index contributed by atoms with van der Waals surface area (Å²) < 4.78 is 54.2. The number of carbonyl (C=O) groups is 2. The maximum absolute atomic E-state index is 12.9. The Labute approximate surface area is 377 Å². The highest BCUT2D eigenvalue weighted by molar-refractivity contribution is 7.85. The monoisotopic (exact) mass is 905 g/mol. The van der Waals surface area contributed by atoms with Gasteiger partial charge >= 0.3 is 11.9 Å². The molecule has 1 saturated heterocycles. The molecule has 4 N–H and O–H groups in total. The Kier molecular flexibility index (Phi) is 37.4. The highest BCUT2D eigenvalue weighted by Crippen LogP contribution is 2.24. The lowest BCUT2D eigenvalue weighted by Gasteiger charge is -2.40. The Bertz CT molecular complexity index is 1200. The van der Waals surface area contributed by atoms with Gasteiger partial charge in [-0.05, 0) is 38.5 Å². The van der Waals surface area contributed by atoms with Crippen LogP contribution in [0.1, 0.15) is 232 Å². The lowest BCUT2D eigenvalue weighted by atomic mass is 10.00. The summed E-state index contributed by atoms with van der Waals surface area (Å²) in [6, 6.07) is 0. The minimum Gasteiger partial charge on any atom is -0.462 e. The number of unbranched alkanes of at least 4 members (excludes halogenated alkanes) is 29. The number of hydrogen-bond acceptors (Lipinski definition) is 11. The van der Waals surface area contributed by atoms with Crippen LogP contribution in [0.15, 0.2) is 12.2 Å². The van der Waals surface area contributed by atoms with E-state index in [-0.39, 0.29) is 19.4 Å². The zero-order valence-corrected chi connectivity index (χ0v) is 40.1. The maximum atomic E-state index is 12.9. The highest BCUT2D eigenvalue weighted by Gasteiger charge is 2.46. The second kappa shape index (κ2) is 39.7. The predicted octanol–water partition coefficient (Wildman–Crippen LogP) is 11.0. The molecule has 2 unspecified atom stereocenters. The maximum Gasteiger partial charge on any atom is 0.306 e. The summed E-state index contributed by atoms with van der Waals surface area (Å²) in [7, 11) is -4.60. The SMILES string of the molecule is CCCCCC/C=C/CCCCCCCCCCCC(=O)O[C@H](COC(=O)CCCCCCCCCCCCCCCCCCC)CO[C@H]1O[C@H](CS(=O)(=O)O)[C@@H](O)C(O)C1O. The van der Waals surface area contributed by atoms with Gasteiger partial charge in [-0.3, -0.25) is 14.1 Å². The summed E-state index contributed by atoms with van der Waals surface area (Å²) >= 11 is 0. The summed E-state index contributed by atoms with van der Waals surface area (Å²) in [4.78, 5) is 25.5. The van der Waals surface area contributed by atoms with Crippen molar-refractivity contribution in [1.29, 1.82) is 0 Å². The second-order valence-electron chi connectivity index (χ2n) is 17.8. The van der Waals surface area contributed by atoms with Crippen LogP contribution in [0.5, 0.6) is 0 Å². The Hall–Kier alpha value is -1.61. The van der Waals surface area contributed by atoms with Gasteiger partial charge in [-0.1, -0.05) is 193 Å². The quantitative estimate of drug-likeness (QED) is 0.0197. The van der Waals surface area contributed by atoms with Crippen LogP contribution in [0.3, 0.4) is 0 Å². The number of esters is 2. The number of aliphatic hydroxyl groups is 3. The predicted molar refractivity (Wildman–Crippen MR) is 247 cm³/mol. The van der Waals surface area contributed by atoms with E-state index in [1.54, 1.807) is 0 Å². The number of allylic oxidation sites excluding steroid dienone is 2. The van der Waals surface area contributed by atoms with Crippen LogP contribution < -0.4 is 0 Å². The smallest absolute Gasteiger partial charge is 0.306 e. The molecule has 6 atom stereocenters. The van der Waals surface area contributed by atoms with Gasteiger partial charge in [-0.2, -0.15) is 8.42 Å². The number of hydrogen-bond donors (Lipinski definition) is 4. The lowest BCUT2D eigenvalue weighted by molar-refractivity contribution is -0.297. The van der Waals surface area contributed by atoms with Crippen molar-refractivity contribution < 1.29 is 56.8 Å². The minimum absolute atomic E-state index is 0.166. The summed E-state index contributed by atoms with van der Waals surface area (Å²) in [5, 5.41) is 30.9. The summed E-state index contributed by atoms with van der Waals surface area (Å²) in [5.74, 6) is -1.97. The van der Waals surface area contributed by atoms with E-state index in [1.165, 1.54) is 154 Å². The molecule has 0 spiro atoms. The zero-order chi connectivity index (χ0) is 45.5. The minimum atomic E-state index is -4.60. The second-order valence-corrected chi connectivity index (χ2v) is 19.3. The molecule has 1 fully saturated rings. The molecule has 13 heteroatoms. The van der Waals surface area contributed by atoms with Crippen LogP contribution >= 0.6 is 0 Å². The third-order valence-electron chi connectivity index (χ3n) is 11.8. The molecular formula is C49H92O12S. The van der Waals surface area contributed by atoms with Crippen molar-refractivity contribution in [2.24, 2.45) is 0 Å². The normalized spacial score (nSPS) is 19.9.